The van der Waals surface area contributed by atoms with Gasteiger partial charge in [-0.1, -0.05) is 368 Å². The van der Waals surface area contributed by atoms with Crippen LogP contribution >= 0.6 is 0 Å². The van der Waals surface area contributed by atoms with E-state index >= 15 is 0 Å². The minimum atomic E-state index is 0. The van der Waals surface area contributed by atoms with E-state index in [1.54, 1.807) is 0 Å². The summed E-state index contributed by atoms with van der Waals surface area (Å²) < 4.78 is 0. The van der Waals surface area contributed by atoms with Crippen LogP contribution in [0.1, 0.15) is 402 Å². The molecule has 0 heterocycles. The fourth-order valence-corrected chi connectivity index (χ4v) is 11.6. The minimum Gasteiger partial charge on any atom is -0.226 e. The molecule has 125 heavy (non-hydrogen) atoms. The van der Waals surface area contributed by atoms with Gasteiger partial charge in [-0.3, -0.25) is 0 Å². The van der Waals surface area contributed by atoms with Gasteiger partial charge in [0.1, 0.15) is 0 Å². The molecule has 0 saturated carbocycles. The Kier molecular flexibility index (Phi) is 81.6. The maximum atomic E-state index is 3.44. The van der Waals surface area contributed by atoms with E-state index in [0.717, 1.165) is 33.4 Å². The van der Waals surface area contributed by atoms with Gasteiger partial charge in [-0.25, -0.2) is 55.6 Å². The van der Waals surface area contributed by atoms with Crippen molar-refractivity contribution < 1.29 is 164 Å². The molecular weight excluding hydrogens is 1890 g/mol. The first-order chi connectivity index (χ1) is 56.0. The molecule has 0 aliphatic rings. The molecule has 0 amide bonds. The zero-order valence-corrected chi connectivity index (χ0v) is 104. The van der Waals surface area contributed by atoms with Crippen molar-refractivity contribution in [1.29, 1.82) is 0 Å². The number of hydrogen-bond acceptors (Lipinski definition) is 0. The van der Waals surface area contributed by atoms with Crippen LogP contribution in [0, 0.1) is 60.7 Å². The van der Waals surface area contributed by atoms with Crippen molar-refractivity contribution in [2.75, 3.05) is 0 Å². The molecule has 0 N–H and O–H groups in total. The second-order valence-corrected chi connectivity index (χ2v) is 37.3. The fraction of sp³-hybridized carbons (Fsp3) is 0.500. The Balaban J connectivity index is -0.000000155. The van der Waals surface area contributed by atoms with Crippen molar-refractivity contribution in [3.63, 3.8) is 0 Å². The van der Waals surface area contributed by atoms with E-state index < -0.39 is 0 Å². The molecule has 10 aromatic rings. The zero-order chi connectivity index (χ0) is 94.8. The third-order valence-electron chi connectivity index (χ3n) is 18.1. The van der Waals surface area contributed by atoms with E-state index in [4.69, 9.17) is 0 Å². The Hall–Kier alpha value is -2.28. The van der Waals surface area contributed by atoms with E-state index in [0.29, 0.717) is 0 Å². The van der Waals surface area contributed by atoms with Crippen molar-refractivity contribution in [1.82, 2.24) is 0 Å². The quantitative estimate of drug-likeness (QED) is 0.151. The van der Waals surface area contributed by atoms with Crippen molar-refractivity contribution >= 4 is 0 Å². The Labute approximate surface area is 906 Å². The van der Waals surface area contributed by atoms with Crippen LogP contribution < -0.4 is 0 Å². The fourth-order valence-electron chi connectivity index (χ4n) is 11.6. The first kappa shape index (κ1) is 143. The number of hydrogen-bond donors (Lipinski definition) is 0. The third-order valence-corrected chi connectivity index (χ3v) is 18.1. The summed E-state index contributed by atoms with van der Waals surface area (Å²) in [6, 6.07) is 97.5. The Morgan fingerprint density at radius 1 is 0.152 bits per heavy atom. The molecule has 5 radical (unpaired) electrons. The predicted octanol–water partition coefficient (Wildman–Crippen LogP) is 38.0. The van der Waals surface area contributed by atoms with Gasteiger partial charge in [0, 0.05) is 164 Å². The van der Waals surface area contributed by atoms with Gasteiger partial charge in [0.25, 0.3) is 0 Å². The van der Waals surface area contributed by atoms with Crippen LogP contribution in [0.15, 0.2) is 182 Å². The molecule has 10 rings (SSSR count). The van der Waals surface area contributed by atoms with E-state index in [2.05, 4.69) is 402 Å². The van der Waals surface area contributed by atoms with Gasteiger partial charge < -0.3 is 0 Å². The van der Waals surface area contributed by atoms with Gasteiger partial charge in [0.05, 0.1) is 0 Å². The molecule has 0 atom stereocenters. The van der Waals surface area contributed by atoms with Gasteiger partial charge in [-0.05, 0) is 32.5 Å². The smallest absolute Gasteiger partial charge is 0 e. The van der Waals surface area contributed by atoms with Crippen molar-refractivity contribution in [2.24, 2.45) is 0 Å². The van der Waals surface area contributed by atoms with Crippen molar-refractivity contribution in [3.8, 4) is 55.6 Å². The molecule has 0 spiro atoms. The standard InChI is InChI=1S/5C20H24.10C2H6.5Y/c1-19(2,3)17-11-7-9-15(13-17)16-10-8-12-18(14-16)20(4,5)6;1-19(2,3)17-13-9-7-11-15(17)16-12-8-10-14-18(16)20(4,5)6;1-19(2,3)16-11-9-10-15(14-16)17-12-7-8-13-18(17)20(4,5)6;1-19(2,3)17-12-10-15(11-13-17)16-8-7-9-18(14-16)20(4,5)6;1-19(2,3)16-13-11-15(12-14-16)17-9-7-8-10-18(17)20(4,5)6;10*1-2;;;;;/h7-8,11-14H,1-6H3;7-10,13-14H,1-6H3;7-9,11,13-14H,1-6H3;7,9-10,12-14H,1-6H3;7-8,10-11,13-14H,1-6H3;10*1-2H3;;;;;/q5*-2;;;;;;;;;;;;;;;. The normalized spacial score (nSPS) is 10.5. The molecular formula is C120H180Y5-10. The first-order valence-electron chi connectivity index (χ1n) is 46.2. The van der Waals surface area contributed by atoms with Crippen LogP contribution in [-0.2, 0) is 218 Å². The Morgan fingerprint density at radius 3 is 0.544 bits per heavy atom. The molecule has 0 nitrogen and oxygen atoms in total. The van der Waals surface area contributed by atoms with E-state index in [1.807, 2.05) is 187 Å². The maximum Gasteiger partial charge on any atom is 0 e. The summed E-state index contributed by atoms with van der Waals surface area (Å²) in [5.41, 5.74) is 26.1. The van der Waals surface area contributed by atoms with Crippen LogP contribution in [0.4, 0.5) is 0 Å². The summed E-state index contributed by atoms with van der Waals surface area (Å²) in [4.78, 5) is 0. The second-order valence-electron chi connectivity index (χ2n) is 37.3. The molecule has 10 aromatic carbocycles. The van der Waals surface area contributed by atoms with Gasteiger partial charge in [-0.2, -0.15) is 216 Å². The monoisotopic (exact) mass is 2070 g/mol. The van der Waals surface area contributed by atoms with Crippen LogP contribution in [0.5, 0.6) is 0 Å². The topological polar surface area (TPSA) is 0 Å². The number of benzene rings is 10. The summed E-state index contributed by atoms with van der Waals surface area (Å²) in [6.07, 6.45) is 0. The van der Waals surface area contributed by atoms with Crippen LogP contribution in [-0.4, -0.2) is 0 Å². The van der Waals surface area contributed by atoms with E-state index in [9.17, 15) is 0 Å². The summed E-state index contributed by atoms with van der Waals surface area (Å²) in [5, 5.41) is 0. The summed E-state index contributed by atoms with van der Waals surface area (Å²) >= 11 is 0. The van der Waals surface area contributed by atoms with Crippen LogP contribution in [0.3, 0.4) is 0 Å². The average molecular weight is 2070 g/mol. The van der Waals surface area contributed by atoms with Gasteiger partial charge in [0.15, 0.2) is 0 Å². The maximum absolute atomic E-state index is 3.44. The van der Waals surface area contributed by atoms with Crippen LogP contribution in [0.25, 0.3) is 55.6 Å². The van der Waals surface area contributed by atoms with Gasteiger partial charge >= 0.3 is 0 Å². The molecule has 0 fully saturated rings. The Bertz CT molecular complexity index is 4130. The summed E-state index contributed by atoms with van der Waals surface area (Å²) in [5.74, 6) is 0. The summed E-state index contributed by atoms with van der Waals surface area (Å²) in [6.45, 7) is 107. The zero-order valence-electron chi connectivity index (χ0n) is 90.2. The molecule has 5 heteroatoms. The van der Waals surface area contributed by atoms with Crippen LogP contribution in [0.2, 0.25) is 0 Å². The Morgan fingerprint density at radius 2 is 0.336 bits per heavy atom. The molecule has 0 bridgehead atoms. The van der Waals surface area contributed by atoms with Crippen molar-refractivity contribution in [2.45, 2.75) is 400 Å². The first-order valence-corrected chi connectivity index (χ1v) is 46.2. The summed E-state index contributed by atoms with van der Waals surface area (Å²) in [7, 11) is 0. The van der Waals surface area contributed by atoms with Crippen molar-refractivity contribution in [3.05, 3.63) is 298 Å². The molecule has 0 saturated heterocycles. The largest absolute Gasteiger partial charge is 0.226 e. The molecule has 0 aromatic heterocycles. The average Bonchev–Trinajstić information content (AvgIpc) is 0.784. The third kappa shape index (κ3) is 52.8. The molecule has 0 aliphatic heterocycles. The van der Waals surface area contributed by atoms with E-state index in [-0.39, 0.29) is 218 Å². The SMILES string of the molecule is CC.CC.CC.CC.CC.CC.CC.CC.CC.CC.CC(C)(C)c1c[c-]c(-c2[c-]ccc(C(C)(C)C)c2)cc1.CC(C)(C)c1c[c-]c(-c2[c-]cccc2C(C)(C)C)cc1.CC(C)(C)c1cc[c-]c(-c2[c-]ccc(C(C)(C)C)c2)c1.CC(C)(C)c1cc[c-]c(-c2[c-]cccc2C(C)(C)C)c1.CC(C)(C)c1ccc[c-]c1-c1[c-]cccc1C(C)(C)C.[Y].[Y].[Y].[Y].[Y]. The van der Waals surface area contributed by atoms with Gasteiger partial charge in [-0.15, -0.1) is 81.9 Å². The molecule has 0 aliphatic carbocycles. The molecule has 685 valence electrons. The predicted molar refractivity (Wildman–Crippen MR) is 548 cm³/mol. The number of rotatable bonds is 5. The second kappa shape index (κ2) is 71.3. The van der Waals surface area contributed by atoms with E-state index in [1.165, 1.54) is 77.9 Å². The minimum absolute atomic E-state index is 0. The molecule has 0 unspecified atom stereocenters. The van der Waals surface area contributed by atoms with Gasteiger partial charge in [0.2, 0.25) is 0 Å².